The Kier molecular flexibility index (Phi) is 5.94. The van der Waals surface area contributed by atoms with E-state index in [2.05, 4.69) is 20.3 Å². The number of anilines is 1. The SMILES string of the molecule is CCOC(=O)Nc1cc(OC(=O)c2cccnc2)cc(O)c1-c1cc(=O)c2nccnc2o1. The first-order valence-electron chi connectivity index (χ1n) is 9.64. The fraction of sp³-hybridized carbons (Fsp3) is 0.0909. The van der Waals surface area contributed by atoms with Crippen molar-refractivity contribution in [3.63, 3.8) is 0 Å². The molecule has 0 radical (unpaired) electrons. The summed E-state index contributed by atoms with van der Waals surface area (Å²) >= 11 is 0. The van der Waals surface area contributed by atoms with E-state index >= 15 is 0 Å². The predicted molar refractivity (Wildman–Crippen MR) is 115 cm³/mol. The maximum absolute atomic E-state index is 12.5. The van der Waals surface area contributed by atoms with Crippen LogP contribution in [0.4, 0.5) is 10.5 Å². The van der Waals surface area contributed by atoms with E-state index < -0.39 is 23.2 Å². The summed E-state index contributed by atoms with van der Waals surface area (Å²) < 4.78 is 15.8. The van der Waals surface area contributed by atoms with Gasteiger partial charge in [0.05, 0.1) is 23.4 Å². The van der Waals surface area contributed by atoms with E-state index in [0.717, 1.165) is 12.1 Å². The number of fused-ring (bicyclic) bond motifs is 1. The molecular formula is C22H16N4O7. The van der Waals surface area contributed by atoms with Crippen LogP contribution in [0, 0.1) is 0 Å². The highest BCUT2D eigenvalue weighted by Gasteiger charge is 2.21. The molecule has 1 amide bonds. The van der Waals surface area contributed by atoms with Crippen LogP contribution in [0.5, 0.6) is 11.5 Å². The first kappa shape index (κ1) is 21.4. The maximum atomic E-state index is 12.5. The third-order valence-corrected chi connectivity index (χ3v) is 4.32. The second kappa shape index (κ2) is 9.14. The Hall–Kier alpha value is -4.80. The number of rotatable bonds is 5. The number of carbonyl (C=O) groups excluding carboxylic acids is 2. The van der Waals surface area contributed by atoms with E-state index in [1.54, 1.807) is 13.0 Å². The number of hydrogen-bond acceptors (Lipinski definition) is 10. The van der Waals surface area contributed by atoms with Crippen LogP contribution in [0.15, 0.2) is 64.3 Å². The summed E-state index contributed by atoms with van der Waals surface area (Å²) in [6.45, 7) is 1.70. The first-order valence-corrected chi connectivity index (χ1v) is 9.64. The molecule has 0 spiro atoms. The Bertz CT molecular complexity index is 1400. The van der Waals surface area contributed by atoms with E-state index in [4.69, 9.17) is 13.9 Å². The lowest BCUT2D eigenvalue weighted by Gasteiger charge is -2.14. The summed E-state index contributed by atoms with van der Waals surface area (Å²) in [5, 5.41) is 13.2. The minimum atomic E-state index is -0.836. The van der Waals surface area contributed by atoms with Gasteiger partial charge in [-0.15, -0.1) is 0 Å². The zero-order valence-electron chi connectivity index (χ0n) is 17.1. The number of phenols is 1. The van der Waals surface area contributed by atoms with Crippen molar-refractivity contribution in [1.29, 1.82) is 0 Å². The van der Waals surface area contributed by atoms with Crippen LogP contribution in [0.1, 0.15) is 17.3 Å². The number of nitrogens with zero attached hydrogens (tertiary/aromatic N) is 3. The number of aromatic nitrogens is 3. The van der Waals surface area contributed by atoms with Crippen molar-refractivity contribution in [2.24, 2.45) is 0 Å². The molecule has 2 N–H and O–H groups in total. The Morgan fingerprint density at radius 2 is 1.97 bits per heavy atom. The molecule has 0 aliphatic carbocycles. The van der Waals surface area contributed by atoms with Crippen molar-refractivity contribution in [1.82, 2.24) is 15.0 Å². The summed E-state index contributed by atoms with van der Waals surface area (Å²) in [6, 6.07) is 6.59. The standard InChI is InChI=1S/C22H16N4O7/c1-2-31-22(30)26-14-8-13(32-21(29)12-4-3-5-23-11-12)9-15(27)18(14)17-10-16(28)19-20(33-17)25-7-6-24-19/h3-11,27H,2H2,1H3,(H,26,30). The largest absolute Gasteiger partial charge is 0.507 e. The Morgan fingerprint density at radius 1 is 1.15 bits per heavy atom. The van der Waals surface area contributed by atoms with Crippen molar-refractivity contribution in [2.75, 3.05) is 11.9 Å². The van der Waals surface area contributed by atoms with Gasteiger partial charge in [-0.3, -0.25) is 15.1 Å². The van der Waals surface area contributed by atoms with Gasteiger partial charge in [0, 0.05) is 43.0 Å². The zero-order valence-corrected chi connectivity index (χ0v) is 17.1. The quantitative estimate of drug-likeness (QED) is 0.344. The summed E-state index contributed by atoms with van der Waals surface area (Å²) in [5.41, 5.74) is -0.466. The predicted octanol–water partition coefficient (Wildman–Crippen LogP) is 3.14. The third-order valence-electron chi connectivity index (χ3n) is 4.32. The van der Waals surface area contributed by atoms with E-state index in [-0.39, 0.29) is 46.2 Å². The smallest absolute Gasteiger partial charge is 0.411 e. The van der Waals surface area contributed by atoms with Crippen LogP contribution in [0.2, 0.25) is 0 Å². The average molecular weight is 448 g/mol. The van der Waals surface area contributed by atoms with Gasteiger partial charge in [0.15, 0.2) is 5.52 Å². The number of ether oxygens (including phenoxy) is 2. The normalized spacial score (nSPS) is 10.6. The molecule has 1 aromatic carbocycles. The Labute approximate surface area is 185 Å². The molecule has 4 aromatic rings. The van der Waals surface area contributed by atoms with Gasteiger partial charge in [-0.25, -0.2) is 19.6 Å². The Balaban J connectivity index is 1.80. The van der Waals surface area contributed by atoms with Gasteiger partial charge in [0.25, 0.3) is 0 Å². The van der Waals surface area contributed by atoms with Crippen molar-refractivity contribution >= 4 is 29.0 Å². The molecule has 11 nitrogen and oxygen atoms in total. The summed E-state index contributed by atoms with van der Waals surface area (Å²) in [6.07, 6.45) is 4.67. The Morgan fingerprint density at radius 3 is 2.73 bits per heavy atom. The molecule has 0 aliphatic heterocycles. The molecule has 0 aliphatic rings. The number of aromatic hydroxyl groups is 1. The van der Waals surface area contributed by atoms with Crippen LogP contribution >= 0.6 is 0 Å². The molecule has 0 bridgehead atoms. The van der Waals surface area contributed by atoms with Crippen molar-refractivity contribution in [2.45, 2.75) is 6.92 Å². The van der Waals surface area contributed by atoms with Crippen LogP contribution in [-0.4, -0.2) is 38.7 Å². The van der Waals surface area contributed by atoms with Crippen molar-refractivity contribution in [3.8, 4) is 22.8 Å². The number of carbonyl (C=O) groups is 2. The maximum Gasteiger partial charge on any atom is 0.411 e. The number of esters is 1. The number of nitrogens with one attached hydrogen (secondary N) is 1. The zero-order chi connectivity index (χ0) is 23.4. The number of amides is 1. The first-order chi connectivity index (χ1) is 16.0. The van der Waals surface area contributed by atoms with Crippen molar-refractivity contribution < 1.29 is 28.6 Å². The van der Waals surface area contributed by atoms with E-state index in [1.165, 1.54) is 36.9 Å². The van der Waals surface area contributed by atoms with Gasteiger partial charge in [-0.1, -0.05) is 0 Å². The lowest BCUT2D eigenvalue weighted by molar-refractivity contribution is 0.0734. The minimum Gasteiger partial charge on any atom is -0.507 e. The third kappa shape index (κ3) is 4.61. The molecular weight excluding hydrogens is 432 g/mol. The highest BCUT2D eigenvalue weighted by atomic mass is 16.5. The molecule has 33 heavy (non-hydrogen) atoms. The van der Waals surface area contributed by atoms with Crippen LogP contribution < -0.4 is 15.5 Å². The molecule has 0 fully saturated rings. The molecule has 0 unspecified atom stereocenters. The summed E-state index contributed by atoms with van der Waals surface area (Å²) in [7, 11) is 0. The second-order valence-corrected chi connectivity index (χ2v) is 6.53. The van der Waals surface area contributed by atoms with E-state index in [9.17, 15) is 19.5 Å². The molecule has 0 atom stereocenters. The lowest BCUT2D eigenvalue weighted by atomic mass is 10.1. The fourth-order valence-electron chi connectivity index (χ4n) is 2.96. The van der Waals surface area contributed by atoms with E-state index in [1.807, 2.05) is 0 Å². The highest BCUT2D eigenvalue weighted by Crippen LogP contribution is 2.40. The van der Waals surface area contributed by atoms with Crippen molar-refractivity contribution in [3.05, 3.63) is 70.9 Å². The van der Waals surface area contributed by atoms with Crippen LogP contribution in [0.3, 0.4) is 0 Å². The lowest BCUT2D eigenvalue weighted by Crippen LogP contribution is -2.15. The monoisotopic (exact) mass is 448 g/mol. The van der Waals surface area contributed by atoms with Gasteiger partial charge in [-0.05, 0) is 19.1 Å². The number of phenolic OH excluding ortho intramolecular Hbond substituents is 1. The average Bonchev–Trinajstić information content (AvgIpc) is 2.79. The second-order valence-electron chi connectivity index (χ2n) is 6.53. The number of benzene rings is 1. The molecule has 3 aromatic heterocycles. The summed E-state index contributed by atoms with van der Waals surface area (Å²) in [5.74, 6) is -1.35. The molecule has 3 heterocycles. The number of hydrogen-bond donors (Lipinski definition) is 2. The topological polar surface area (TPSA) is 154 Å². The van der Waals surface area contributed by atoms with Crippen LogP contribution in [0.25, 0.3) is 22.6 Å². The van der Waals surface area contributed by atoms with E-state index in [0.29, 0.717) is 0 Å². The summed E-state index contributed by atoms with van der Waals surface area (Å²) in [4.78, 5) is 48.7. The minimum absolute atomic E-state index is 0.00247. The fourth-order valence-corrected chi connectivity index (χ4v) is 2.96. The molecule has 0 saturated carbocycles. The van der Waals surface area contributed by atoms with Gasteiger partial charge in [-0.2, -0.15) is 0 Å². The molecule has 166 valence electrons. The molecule has 4 rings (SSSR count). The van der Waals surface area contributed by atoms with Gasteiger partial charge in [0.2, 0.25) is 11.1 Å². The van der Waals surface area contributed by atoms with Gasteiger partial charge in [0.1, 0.15) is 17.3 Å². The van der Waals surface area contributed by atoms with Crippen LogP contribution in [-0.2, 0) is 4.74 Å². The van der Waals surface area contributed by atoms with Gasteiger partial charge < -0.3 is 19.0 Å². The molecule has 11 heteroatoms. The van der Waals surface area contributed by atoms with Gasteiger partial charge >= 0.3 is 12.1 Å². The molecule has 0 saturated heterocycles. The highest BCUT2D eigenvalue weighted by molar-refractivity contribution is 5.95. The number of pyridine rings is 1.